The number of nitrogens with two attached hydrogens (primary N) is 1. The number of rotatable bonds is 2. The molecule has 1 aromatic rings. The number of aryl methyl sites for hydroxylation is 1. The Morgan fingerprint density at radius 1 is 1.32 bits per heavy atom. The van der Waals surface area contributed by atoms with Gasteiger partial charge in [-0.25, -0.2) is 0 Å². The van der Waals surface area contributed by atoms with E-state index in [2.05, 4.69) is 21.2 Å². The minimum atomic E-state index is -0.0496. The van der Waals surface area contributed by atoms with Crippen molar-refractivity contribution in [3.05, 3.63) is 28.2 Å². The van der Waals surface area contributed by atoms with Gasteiger partial charge in [0.1, 0.15) is 0 Å². The molecule has 0 bridgehead atoms. The fraction of sp³-hybridized carbons (Fsp3) is 0.533. The third-order valence-corrected chi connectivity index (χ3v) is 4.72. The van der Waals surface area contributed by atoms with Crippen LogP contribution in [0, 0.1) is 12.8 Å². The van der Waals surface area contributed by atoms with Crippen LogP contribution in [0.2, 0.25) is 0 Å². The highest BCUT2D eigenvalue weighted by molar-refractivity contribution is 9.10. The Labute approximate surface area is 123 Å². The van der Waals surface area contributed by atoms with Crippen LogP contribution >= 0.6 is 15.9 Å². The molecule has 1 aromatic carbocycles. The third kappa shape index (κ3) is 3.80. The largest absolute Gasteiger partial charge is 0.327 e. The number of halogens is 1. The molecule has 0 saturated heterocycles. The van der Waals surface area contributed by atoms with Crippen molar-refractivity contribution in [1.29, 1.82) is 0 Å². The lowest BCUT2D eigenvalue weighted by Crippen LogP contribution is -2.37. The maximum Gasteiger partial charge on any atom is 0.229 e. The zero-order chi connectivity index (χ0) is 13.8. The van der Waals surface area contributed by atoms with Gasteiger partial charge in [0.2, 0.25) is 5.91 Å². The van der Waals surface area contributed by atoms with Crippen molar-refractivity contribution in [2.24, 2.45) is 11.7 Å². The Morgan fingerprint density at radius 3 is 2.79 bits per heavy atom. The van der Waals surface area contributed by atoms with Crippen molar-refractivity contribution >= 4 is 27.5 Å². The quantitative estimate of drug-likeness (QED) is 0.816. The van der Waals surface area contributed by atoms with E-state index in [1.54, 1.807) is 0 Å². The second-order valence-electron chi connectivity index (χ2n) is 5.36. The van der Waals surface area contributed by atoms with Gasteiger partial charge in [-0.2, -0.15) is 0 Å². The van der Waals surface area contributed by atoms with Crippen LogP contribution in [0.15, 0.2) is 22.7 Å². The fourth-order valence-corrected chi connectivity index (χ4v) is 2.87. The molecule has 0 radical (unpaired) electrons. The second-order valence-corrected chi connectivity index (χ2v) is 6.22. The molecule has 1 saturated carbocycles. The number of hydrogen-bond acceptors (Lipinski definition) is 2. The van der Waals surface area contributed by atoms with Gasteiger partial charge >= 0.3 is 0 Å². The van der Waals surface area contributed by atoms with Crippen LogP contribution in [0.3, 0.4) is 0 Å². The van der Waals surface area contributed by atoms with Gasteiger partial charge in [0.25, 0.3) is 0 Å². The van der Waals surface area contributed by atoms with Gasteiger partial charge in [0.15, 0.2) is 0 Å². The Morgan fingerprint density at radius 2 is 2.05 bits per heavy atom. The molecule has 104 valence electrons. The van der Waals surface area contributed by atoms with Crippen molar-refractivity contribution in [2.75, 3.05) is 5.32 Å². The van der Waals surface area contributed by atoms with Crippen molar-refractivity contribution in [3.63, 3.8) is 0 Å². The van der Waals surface area contributed by atoms with Gasteiger partial charge in [-0.15, -0.1) is 0 Å². The summed E-state index contributed by atoms with van der Waals surface area (Å²) in [7, 11) is 0. The van der Waals surface area contributed by atoms with Crippen molar-refractivity contribution in [3.8, 4) is 0 Å². The van der Waals surface area contributed by atoms with Crippen LogP contribution in [0.4, 0.5) is 5.69 Å². The summed E-state index contributed by atoms with van der Waals surface area (Å²) in [5.41, 5.74) is 8.08. The Bertz CT molecular complexity index is 461. The first kappa shape index (κ1) is 14.5. The average Bonchev–Trinajstić information content (AvgIpc) is 2.58. The minimum absolute atomic E-state index is 0.000884. The van der Waals surface area contributed by atoms with Crippen molar-refractivity contribution < 1.29 is 4.79 Å². The summed E-state index contributed by atoms with van der Waals surface area (Å²) in [4.78, 5) is 12.3. The summed E-state index contributed by atoms with van der Waals surface area (Å²) >= 11 is 3.46. The molecule has 19 heavy (non-hydrogen) atoms. The maximum absolute atomic E-state index is 12.3. The molecule has 1 aliphatic carbocycles. The molecular weight excluding hydrogens is 304 g/mol. The molecule has 0 heterocycles. The van der Waals surface area contributed by atoms with E-state index in [0.29, 0.717) is 0 Å². The standard InChI is InChI=1S/C15H21BrN2O/c1-10-9-11(7-8-13(10)16)18-15(19)12-5-3-2-4-6-14(12)17/h7-9,12,14H,2-6,17H2,1H3,(H,18,19). The van der Waals surface area contributed by atoms with E-state index in [1.807, 2.05) is 25.1 Å². The SMILES string of the molecule is Cc1cc(NC(=O)C2CCCCCC2N)ccc1Br. The van der Waals surface area contributed by atoms with E-state index in [9.17, 15) is 4.79 Å². The van der Waals surface area contributed by atoms with Gasteiger partial charge in [0.05, 0.1) is 5.92 Å². The summed E-state index contributed by atoms with van der Waals surface area (Å²) < 4.78 is 1.05. The van der Waals surface area contributed by atoms with Gasteiger partial charge in [-0.3, -0.25) is 4.79 Å². The summed E-state index contributed by atoms with van der Waals surface area (Å²) in [6.07, 6.45) is 5.29. The van der Waals surface area contributed by atoms with E-state index < -0.39 is 0 Å². The lowest BCUT2D eigenvalue weighted by Gasteiger charge is -2.20. The van der Waals surface area contributed by atoms with Crippen molar-refractivity contribution in [1.82, 2.24) is 0 Å². The van der Waals surface area contributed by atoms with Crippen LogP contribution in [-0.4, -0.2) is 11.9 Å². The molecule has 4 heteroatoms. The molecule has 0 aromatic heterocycles. The van der Waals surface area contributed by atoms with Crippen LogP contribution in [0.1, 0.15) is 37.7 Å². The third-order valence-electron chi connectivity index (χ3n) is 3.83. The number of benzene rings is 1. The Balaban J connectivity index is 2.04. The first-order valence-electron chi connectivity index (χ1n) is 6.90. The second kappa shape index (κ2) is 6.53. The average molecular weight is 325 g/mol. The molecule has 2 atom stereocenters. The fourth-order valence-electron chi connectivity index (χ4n) is 2.62. The molecule has 1 aliphatic rings. The Kier molecular flexibility index (Phi) is 4.99. The highest BCUT2D eigenvalue weighted by Gasteiger charge is 2.26. The smallest absolute Gasteiger partial charge is 0.229 e. The molecular formula is C15H21BrN2O. The zero-order valence-electron chi connectivity index (χ0n) is 11.3. The zero-order valence-corrected chi connectivity index (χ0v) is 12.9. The number of anilines is 1. The molecule has 1 fully saturated rings. The van der Waals surface area contributed by atoms with Crippen LogP contribution < -0.4 is 11.1 Å². The first-order chi connectivity index (χ1) is 9.08. The monoisotopic (exact) mass is 324 g/mol. The predicted molar refractivity (Wildman–Crippen MR) is 82.1 cm³/mol. The Hall–Kier alpha value is -0.870. The van der Waals surface area contributed by atoms with Gasteiger partial charge < -0.3 is 11.1 Å². The minimum Gasteiger partial charge on any atom is -0.327 e. The molecule has 2 rings (SSSR count). The molecule has 1 amide bonds. The van der Waals surface area contributed by atoms with Crippen LogP contribution in [-0.2, 0) is 4.79 Å². The van der Waals surface area contributed by atoms with Crippen LogP contribution in [0.25, 0.3) is 0 Å². The number of hydrogen-bond donors (Lipinski definition) is 2. The van der Waals surface area contributed by atoms with Gasteiger partial charge in [-0.05, 0) is 43.5 Å². The lowest BCUT2D eigenvalue weighted by molar-refractivity contribution is -0.120. The van der Waals surface area contributed by atoms with Gasteiger partial charge in [-0.1, -0.05) is 35.2 Å². The summed E-state index contributed by atoms with van der Waals surface area (Å²) in [6.45, 7) is 2.01. The highest BCUT2D eigenvalue weighted by atomic mass is 79.9. The van der Waals surface area contributed by atoms with Gasteiger partial charge in [0, 0.05) is 16.2 Å². The number of carbonyl (C=O) groups excluding carboxylic acids is 1. The highest BCUT2D eigenvalue weighted by Crippen LogP contribution is 2.25. The molecule has 0 aliphatic heterocycles. The first-order valence-corrected chi connectivity index (χ1v) is 7.70. The maximum atomic E-state index is 12.3. The summed E-state index contributed by atoms with van der Waals surface area (Å²) in [5, 5.41) is 3.00. The number of carbonyl (C=O) groups is 1. The van der Waals surface area contributed by atoms with Crippen molar-refractivity contribution in [2.45, 2.75) is 45.1 Å². The van der Waals surface area contributed by atoms with E-state index in [-0.39, 0.29) is 17.9 Å². The van der Waals surface area contributed by atoms with E-state index in [4.69, 9.17) is 5.73 Å². The summed E-state index contributed by atoms with van der Waals surface area (Å²) in [5.74, 6) is 0.0163. The summed E-state index contributed by atoms with van der Waals surface area (Å²) in [6, 6.07) is 5.85. The molecule has 2 unspecified atom stereocenters. The lowest BCUT2D eigenvalue weighted by atomic mass is 9.94. The molecule has 3 nitrogen and oxygen atoms in total. The molecule has 3 N–H and O–H groups in total. The van der Waals surface area contributed by atoms with Crippen LogP contribution in [0.5, 0.6) is 0 Å². The number of amides is 1. The molecule has 0 spiro atoms. The predicted octanol–water partition coefficient (Wildman–Crippen LogP) is 3.60. The number of nitrogens with one attached hydrogen (secondary N) is 1. The topological polar surface area (TPSA) is 55.1 Å². The normalized spacial score (nSPS) is 23.7. The van der Waals surface area contributed by atoms with E-state index >= 15 is 0 Å². The van der Waals surface area contributed by atoms with E-state index in [0.717, 1.165) is 41.4 Å². The van der Waals surface area contributed by atoms with E-state index in [1.165, 1.54) is 6.42 Å².